The minimum Gasteiger partial charge on any atom is -0.394 e. The normalized spacial score (nSPS) is 15.6. The third-order valence-electron chi connectivity index (χ3n) is 1.86. The molecule has 14 heavy (non-hydrogen) atoms. The van der Waals surface area contributed by atoms with E-state index in [9.17, 15) is 0 Å². The number of thiazole rings is 1. The number of fused-ring (bicyclic) bond motifs is 1. The third kappa shape index (κ3) is 1.47. The monoisotopic (exact) mass is 210 g/mol. The van der Waals surface area contributed by atoms with E-state index < -0.39 is 5.54 Å². The Labute approximate surface area is 84.6 Å². The lowest BCUT2D eigenvalue weighted by atomic mass is 10.1. The minimum absolute atomic E-state index is 0.146. The van der Waals surface area contributed by atoms with Crippen LogP contribution in [0, 0.1) is 0 Å². The third-order valence-corrected chi connectivity index (χ3v) is 3.10. The highest BCUT2D eigenvalue weighted by atomic mass is 32.1. The number of aliphatic hydroxyl groups excluding tert-OH is 1. The van der Waals surface area contributed by atoms with Crippen LogP contribution in [0.25, 0.3) is 10.5 Å². The maximum atomic E-state index is 9.07. The molecule has 6 heteroatoms. The SMILES string of the molecule is CC(N)(CO)c1nc2nccnc2s1. The van der Waals surface area contributed by atoms with Gasteiger partial charge in [-0.2, -0.15) is 0 Å². The summed E-state index contributed by atoms with van der Waals surface area (Å²) in [5.41, 5.74) is 5.61. The van der Waals surface area contributed by atoms with Crippen LogP contribution in [0.4, 0.5) is 0 Å². The second kappa shape index (κ2) is 3.23. The largest absolute Gasteiger partial charge is 0.394 e. The Kier molecular flexibility index (Phi) is 2.18. The molecule has 74 valence electrons. The van der Waals surface area contributed by atoms with E-state index in [1.165, 1.54) is 11.3 Å². The van der Waals surface area contributed by atoms with Crippen molar-refractivity contribution in [1.29, 1.82) is 0 Å². The van der Waals surface area contributed by atoms with E-state index in [-0.39, 0.29) is 6.61 Å². The van der Waals surface area contributed by atoms with Gasteiger partial charge in [0.25, 0.3) is 0 Å². The zero-order valence-electron chi connectivity index (χ0n) is 7.64. The number of aliphatic hydroxyl groups is 1. The van der Waals surface area contributed by atoms with Crippen LogP contribution in [0.3, 0.4) is 0 Å². The maximum absolute atomic E-state index is 9.07. The number of aromatic nitrogens is 3. The highest BCUT2D eigenvalue weighted by molar-refractivity contribution is 7.18. The quantitative estimate of drug-likeness (QED) is 0.742. The molecule has 0 bridgehead atoms. The average Bonchev–Trinajstić information content (AvgIpc) is 2.61. The Morgan fingerprint density at radius 1 is 1.50 bits per heavy atom. The van der Waals surface area contributed by atoms with E-state index in [4.69, 9.17) is 10.8 Å². The molecule has 0 aliphatic carbocycles. The topological polar surface area (TPSA) is 84.9 Å². The average molecular weight is 210 g/mol. The lowest BCUT2D eigenvalue weighted by Gasteiger charge is -2.17. The molecule has 1 atom stereocenters. The van der Waals surface area contributed by atoms with Gasteiger partial charge in [-0.05, 0) is 6.92 Å². The molecule has 3 N–H and O–H groups in total. The van der Waals surface area contributed by atoms with E-state index in [1.807, 2.05) is 0 Å². The van der Waals surface area contributed by atoms with Crippen LogP contribution >= 0.6 is 11.3 Å². The number of nitrogens with two attached hydrogens (primary N) is 1. The van der Waals surface area contributed by atoms with Crippen molar-refractivity contribution in [2.24, 2.45) is 5.73 Å². The number of hydrogen-bond acceptors (Lipinski definition) is 6. The molecule has 0 saturated carbocycles. The Balaban J connectivity index is 2.55. The van der Waals surface area contributed by atoms with Crippen LogP contribution in [0.2, 0.25) is 0 Å². The molecular formula is C8H10N4OS. The van der Waals surface area contributed by atoms with E-state index in [0.29, 0.717) is 10.7 Å². The van der Waals surface area contributed by atoms with Gasteiger partial charge in [-0.25, -0.2) is 15.0 Å². The molecule has 2 aromatic heterocycles. The van der Waals surface area contributed by atoms with Gasteiger partial charge in [0.1, 0.15) is 5.01 Å². The first kappa shape index (κ1) is 9.45. The van der Waals surface area contributed by atoms with Crippen LogP contribution in [-0.4, -0.2) is 26.7 Å². The fourth-order valence-corrected chi connectivity index (χ4v) is 1.91. The first-order chi connectivity index (χ1) is 6.63. The standard InChI is InChI=1S/C8H10N4OS/c1-8(9,4-13)7-12-5-6(14-7)11-3-2-10-5/h2-3,13H,4,9H2,1H3. The molecule has 5 nitrogen and oxygen atoms in total. The van der Waals surface area contributed by atoms with Gasteiger partial charge in [-0.15, -0.1) is 0 Å². The van der Waals surface area contributed by atoms with E-state index in [2.05, 4.69) is 15.0 Å². The van der Waals surface area contributed by atoms with Gasteiger partial charge < -0.3 is 10.8 Å². The van der Waals surface area contributed by atoms with Crippen molar-refractivity contribution in [2.75, 3.05) is 6.61 Å². The molecule has 0 spiro atoms. The summed E-state index contributed by atoms with van der Waals surface area (Å²) in [5.74, 6) is 0. The Hall–Kier alpha value is -1.11. The molecule has 2 rings (SSSR count). The molecule has 1 unspecified atom stereocenters. The van der Waals surface area contributed by atoms with Crippen LogP contribution in [0.1, 0.15) is 11.9 Å². The van der Waals surface area contributed by atoms with Crippen molar-refractivity contribution >= 4 is 21.8 Å². The van der Waals surface area contributed by atoms with E-state index in [0.717, 1.165) is 4.83 Å². The Morgan fingerprint density at radius 2 is 2.21 bits per heavy atom. The number of rotatable bonds is 2. The van der Waals surface area contributed by atoms with Gasteiger partial charge in [0, 0.05) is 12.4 Å². The first-order valence-electron chi connectivity index (χ1n) is 4.11. The van der Waals surface area contributed by atoms with Gasteiger partial charge in [-0.3, -0.25) is 0 Å². The smallest absolute Gasteiger partial charge is 0.189 e. The lowest BCUT2D eigenvalue weighted by molar-refractivity contribution is 0.210. The molecule has 0 amide bonds. The molecule has 0 radical (unpaired) electrons. The summed E-state index contributed by atoms with van der Waals surface area (Å²) in [6.07, 6.45) is 3.19. The molecule has 0 aliphatic heterocycles. The van der Waals surface area contributed by atoms with E-state index in [1.54, 1.807) is 19.3 Å². The summed E-state index contributed by atoms with van der Waals surface area (Å²) in [4.78, 5) is 13.1. The molecular weight excluding hydrogens is 200 g/mol. The predicted molar refractivity (Wildman–Crippen MR) is 53.8 cm³/mol. The second-order valence-corrected chi connectivity index (χ2v) is 4.26. The zero-order valence-corrected chi connectivity index (χ0v) is 8.45. The van der Waals surface area contributed by atoms with Gasteiger partial charge >= 0.3 is 0 Å². The second-order valence-electron chi connectivity index (χ2n) is 3.28. The van der Waals surface area contributed by atoms with Crippen LogP contribution < -0.4 is 5.73 Å². The highest BCUT2D eigenvalue weighted by Crippen LogP contribution is 2.25. The van der Waals surface area contributed by atoms with Crippen molar-refractivity contribution in [1.82, 2.24) is 15.0 Å². The Bertz CT molecular complexity index is 420. The molecule has 0 fully saturated rings. The van der Waals surface area contributed by atoms with Crippen LogP contribution in [0.5, 0.6) is 0 Å². The maximum Gasteiger partial charge on any atom is 0.189 e. The van der Waals surface area contributed by atoms with Gasteiger partial charge in [0.15, 0.2) is 10.5 Å². The van der Waals surface area contributed by atoms with Crippen LogP contribution in [0.15, 0.2) is 12.4 Å². The lowest BCUT2D eigenvalue weighted by Crippen LogP contribution is -2.36. The van der Waals surface area contributed by atoms with Gasteiger partial charge in [0.2, 0.25) is 0 Å². The summed E-state index contributed by atoms with van der Waals surface area (Å²) >= 11 is 1.36. The number of hydrogen-bond donors (Lipinski definition) is 2. The van der Waals surface area contributed by atoms with Crippen molar-refractivity contribution in [3.63, 3.8) is 0 Å². The fourth-order valence-electron chi connectivity index (χ4n) is 0.989. The molecule has 0 saturated heterocycles. The van der Waals surface area contributed by atoms with Crippen LogP contribution in [-0.2, 0) is 5.54 Å². The molecule has 0 aliphatic rings. The van der Waals surface area contributed by atoms with Crippen molar-refractivity contribution < 1.29 is 5.11 Å². The Morgan fingerprint density at radius 3 is 2.86 bits per heavy atom. The molecule has 2 aromatic rings. The number of nitrogens with zero attached hydrogens (tertiary/aromatic N) is 3. The summed E-state index contributed by atoms with van der Waals surface area (Å²) in [7, 11) is 0. The van der Waals surface area contributed by atoms with Gasteiger partial charge in [0.05, 0.1) is 12.1 Å². The van der Waals surface area contributed by atoms with E-state index >= 15 is 0 Å². The zero-order chi connectivity index (χ0) is 10.2. The fraction of sp³-hybridized carbons (Fsp3) is 0.375. The van der Waals surface area contributed by atoms with Crippen molar-refractivity contribution in [3.05, 3.63) is 17.4 Å². The molecule has 2 heterocycles. The molecule has 0 aromatic carbocycles. The summed E-state index contributed by atoms with van der Waals surface area (Å²) in [6, 6.07) is 0. The van der Waals surface area contributed by atoms with Crippen molar-refractivity contribution in [2.45, 2.75) is 12.5 Å². The van der Waals surface area contributed by atoms with Crippen molar-refractivity contribution in [3.8, 4) is 0 Å². The summed E-state index contributed by atoms with van der Waals surface area (Å²) < 4.78 is 0. The highest BCUT2D eigenvalue weighted by Gasteiger charge is 2.24. The van der Waals surface area contributed by atoms with Gasteiger partial charge in [-0.1, -0.05) is 11.3 Å². The predicted octanol–water partition coefficient (Wildman–Crippen LogP) is 0.253. The first-order valence-corrected chi connectivity index (χ1v) is 4.93. The minimum atomic E-state index is -0.812. The summed E-state index contributed by atoms with van der Waals surface area (Å²) in [6.45, 7) is 1.58. The summed E-state index contributed by atoms with van der Waals surface area (Å²) in [5, 5.41) is 9.73.